The second-order valence-corrected chi connectivity index (χ2v) is 17.6. The second-order valence-electron chi connectivity index (χ2n) is 17.6. The van der Waals surface area contributed by atoms with Crippen molar-refractivity contribution in [1.82, 2.24) is 4.57 Å². The predicted octanol–water partition coefficient (Wildman–Crippen LogP) is 16.7. The number of rotatable bonds is 4. The number of nitrogens with zero attached hydrogens (tertiary/aromatic N) is 1. The van der Waals surface area contributed by atoms with Crippen molar-refractivity contribution < 1.29 is 0 Å². The third-order valence-electron chi connectivity index (χ3n) is 14.0. The van der Waals surface area contributed by atoms with E-state index >= 15 is 0 Å². The first kappa shape index (κ1) is 35.1. The van der Waals surface area contributed by atoms with Crippen LogP contribution in [0.15, 0.2) is 212 Å². The minimum atomic E-state index is -0.0456. The fourth-order valence-electron chi connectivity index (χ4n) is 11.1. The molecule has 1 nitrogen and oxygen atoms in total. The molecule has 290 valence electrons. The summed E-state index contributed by atoms with van der Waals surface area (Å²) in [5.41, 5.74) is 16.6. The van der Waals surface area contributed by atoms with E-state index in [0.717, 1.165) is 5.69 Å². The summed E-state index contributed by atoms with van der Waals surface area (Å²) in [5, 5.41) is 12.6. The van der Waals surface area contributed by atoms with Gasteiger partial charge in [0.15, 0.2) is 0 Å². The first-order valence-corrected chi connectivity index (χ1v) is 21.8. The normalized spacial score (nSPS) is 13.1. The maximum absolute atomic E-state index is 2.51. The van der Waals surface area contributed by atoms with Crippen LogP contribution in [-0.2, 0) is 5.41 Å². The van der Waals surface area contributed by atoms with Crippen LogP contribution in [0.2, 0.25) is 0 Å². The molecule has 1 heterocycles. The van der Waals surface area contributed by atoms with Gasteiger partial charge in [0.25, 0.3) is 0 Å². The molecule has 0 unspecified atom stereocenters. The maximum Gasteiger partial charge on any atom is 0.0619 e. The van der Waals surface area contributed by atoms with Gasteiger partial charge in [0.2, 0.25) is 0 Å². The highest BCUT2D eigenvalue weighted by molar-refractivity contribution is 6.26. The van der Waals surface area contributed by atoms with Gasteiger partial charge in [0.05, 0.1) is 11.0 Å². The molecule has 0 amide bonds. The zero-order valence-electron chi connectivity index (χ0n) is 34.7. The van der Waals surface area contributed by atoms with Crippen LogP contribution < -0.4 is 0 Å². The molecule has 0 N–H and O–H groups in total. The Hall–Kier alpha value is -7.74. The van der Waals surface area contributed by atoms with E-state index in [1.807, 2.05) is 0 Å². The van der Waals surface area contributed by atoms with Crippen molar-refractivity contribution in [1.29, 1.82) is 0 Å². The summed E-state index contributed by atoms with van der Waals surface area (Å²) in [7, 11) is 0. The quantitative estimate of drug-likeness (QED) is 0.157. The van der Waals surface area contributed by atoms with E-state index in [1.165, 1.54) is 121 Å². The Morgan fingerprint density at radius 3 is 1.60 bits per heavy atom. The smallest absolute Gasteiger partial charge is 0.0619 e. The van der Waals surface area contributed by atoms with Gasteiger partial charge in [0.1, 0.15) is 0 Å². The number of benzene rings is 11. The zero-order chi connectivity index (χ0) is 41.1. The van der Waals surface area contributed by atoms with E-state index in [2.05, 4.69) is 231 Å². The van der Waals surface area contributed by atoms with Crippen molar-refractivity contribution in [3.8, 4) is 50.2 Å². The number of hydrogen-bond acceptors (Lipinski definition) is 0. The highest BCUT2D eigenvalue weighted by Gasteiger charge is 2.35. The van der Waals surface area contributed by atoms with Gasteiger partial charge in [-0.2, -0.15) is 0 Å². The second kappa shape index (κ2) is 13.1. The van der Waals surface area contributed by atoms with Crippen LogP contribution in [0.5, 0.6) is 0 Å². The Morgan fingerprint density at radius 1 is 0.339 bits per heavy atom. The van der Waals surface area contributed by atoms with Gasteiger partial charge in [-0.15, -0.1) is 0 Å². The van der Waals surface area contributed by atoms with Gasteiger partial charge >= 0.3 is 0 Å². The number of fused-ring (bicyclic) bond motifs is 12. The molecule has 1 heteroatoms. The Morgan fingerprint density at radius 2 is 0.871 bits per heavy atom. The summed E-state index contributed by atoms with van der Waals surface area (Å²) in [6.07, 6.45) is 0. The molecule has 0 saturated carbocycles. The lowest BCUT2D eigenvalue weighted by Crippen LogP contribution is -2.14. The molecule has 0 spiro atoms. The third kappa shape index (κ3) is 4.97. The molecule has 0 aliphatic heterocycles. The van der Waals surface area contributed by atoms with E-state index in [-0.39, 0.29) is 5.41 Å². The molecule has 11 aromatic carbocycles. The van der Waals surface area contributed by atoms with Gasteiger partial charge in [-0.1, -0.05) is 196 Å². The molecule has 1 aromatic heterocycles. The van der Waals surface area contributed by atoms with E-state index in [1.54, 1.807) is 0 Å². The lowest BCUT2D eigenvalue weighted by atomic mass is 9.81. The molecule has 0 saturated heterocycles. The molecule has 1 aliphatic carbocycles. The third-order valence-corrected chi connectivity index (χ3v) is 14.0. The summed E-state index contributed by atoms with van der Waals surface area (Å²) < 4.78 is 2.51. The largest absolute Gasteiger partial charge is 0.309 e. The van der Waals surface area contributed by atoms with Crippen LogP contribution in [0, 0.1) is 0 Å². The SMILES string of the molecule is CC1(C)c2ccccc2-c2ccc(-c3ccc4c(ccc5c6c7ccccc7ccc6n(-c6ccc(-c7c8ccccc8c(-c8ccccc8)c8ccccc78)cc6)c45)c3)cc21. The molecule has 12 aromatic rings. The molecule has 13 rings (SSSR count). The van der Waals surface area contributed by atoms with E-state index in [0.29, 0.717) is 0 Å². The topological polar surface area (TPSA) is 4.93 Å². The van der Waals surface area contributed by atoms with Gasteiger partial charge in [-0.05, 0) is 124 Å². The van der Waals surface area contributed by atoms with Crippen LogP contribution in [0.3, 0.4) is 0 Å². The fraction of sp³-hybridized carbons (Fsp3) is 0.0492. The van der Waals surface area contributed by atoms with E-state index < -0.39 is 0 Å². The minimum absolute atomic E-state index is 0.0456. The highest BCUT2D eigenvalue weighted by Crippen LogP contribution is 2.50. The van der Waals surface area contributed by atoms with Crippen molar-refractivity contribution in [2.24, 2.45) is 0 Å². The Bertz CT molecular complexity index is 3750. The fourth-order valence-corrected chi connectivity index (χ4v) is 11.1. The number of hydrogen-bond donors (Lipinski definition) is 0. The van der Waals surface area contributed by atoms with Gasteiger partial charge in [0, 0.05) is 27.3 Å². The molecule has 0 atom stereocenters. The van der Waals surface area contributed by atoms with Crippen LogP contribution >= 0.6 is 0 Å². The molecule has 0 fully saturated rings. The van der Waals surface area contributed by atoms with E-state index in [4.69, 9.17) is 0 Å². The van der Waals surface area contributed by atoms with Crippen molar-refractivity contribution in [2.45, 2.75) is 19.3 Å². The van der Waals surface area contributed by atoms with Crippen molar-refractivity contribution >= 4 is 64.9 Å². The lowest BCUT2D eigenvalue weighted by molar-refractivity contribution is 0.660. The molecule has 0 radical (unpaired) electrons. The summed E-state index contributed by atoms with van der Waals surface area (Å²) in [6.45, 7) is 4.72. The summed E-state index contributed by atoms with van der Waals surface area (Å²) >= 11 is 0. The van der Waals surface area contributed by atoms with Gasteiger partial charge in [-0.25, -0.2) is 0 Å². The zero-order valence-corrected chi connectivity index (χ0v) is 34.7. The highest BCUT2D eigenvalue weighted by atomic mass is 15.0. The number of aromatic nitrogens is 1. The molecule has 0 bridgehead atoms. The molecular formula is C61H41N. The van der Waals surface area contributed by atoms with Crippen LogP contribution in [0.25, 0.3) is 115 Å². The van der Waals surface area contributed by atoms with E-state index in [9.17, 15) is 0 Å². The summed E-state index contributed by atoms with van der Waals surface area (Å²) in [4.78, 5) is 0. The van der Waals surface area contributed by atoms with Crippen molar-refractivity contribution in [3.05, 3.63) is 223 Å². The van der Waals surface area contributed by atoms with Crippen molar-refractivity contribution in [3.63, 3.8) is 0 Å². The predicted molar refractivity (Wildman–Crippen MR) is 265 cm³/mol. The monoisotopic (exact) mass is 787 g/mol. The van der Waals surface area contributed by atoms with Gasteiger partial charge in [-0.3, -0.25) is 0 Å². The van der Waals surface area contributed by atoms with Crippen LogP contribution in [0.4, 0.5) is 0 Å². The summed E-state index contributed by atoms with van der Waals surface area (Å²) in [5.74, 6) is 0. The van der Waals surface area contributed by atoms with Crippen molar-refractivity contribution in [2.75, 3.05) is 0 Å². The van der Waals surface area contributed by atoms with Crippen LogP contribution in [-0.4, -0.2) is 4.57 Å². The Kier molecular flexibility index (Phi) is 7.42. The average molecular weight is 788 g/mol. The molecule has 1 aliphatic rings. The first-order valence-electron chi connectivity index (χ1n) is 21.8. The lowest BCUT2D eigenvalue weighted by Gasteiger charge is -2.22. The minimum Gasteiger partial charge on any atom is -0.309 e. The molecule has 62 heavy (non-hydrogen) atoms. The Balaban J connectivity index is 1.00. The average Bonchev–Trinajstić information content (AvgIpc) is 3.79. The maximum atomic E-state index is 2.51. The van der Waals surface area contributed by atoms with Gasteiger partial charge < -0.3 is 4.57 Å². The first-order chi connectivity index (χ1) is 30.5. The standard InChI is InChI=1S/C61H41N/c1-61(2)54-23-13-12-18-47(54)48-33-27-42(37-55(48)61)41-26-32-46-43(36-41)28-34-53-59-45-17-7-6-14-38(45)29-35-56(59)62(60(46)53)44-30-24-40(25-31-44)58-51-21-10-8-19-49(51)57(39-15-4-3-5-16-39)50-20-9-11-22-52(50)58/h3-37H,1-2H3. The molecular weight excluding hydrogens is 747 g/mol. The summed E-state index contributed by atoms with van der Waals surface area (Å²) in [6, 6.07) is 79.1. The Labute approximate surface area is 360 Å². The van der Waals surface area contributed by atoms with Crippen LogP contribution in [0.1, 0.15) is 25.0 Å².